The molecule has 0 fully saturated rings. The number of amides is 1. The summed E-state index contributed by atoms with van der Waals surface area (Å²) in [6.07, 6.45) is 3.78. The quantitative estimate of drug-likeness (QED) is 0.887. The summed E-state index contributed by atoms with van der Waals surface area (Å²) < 4.78 is 7.11. The van der Waals surface area contributed by atoms with E-state index in [1.54, 1.807) is 17.9 Å². The molecule has 0 aliphatic rings. The molecule has 0 aliphatic heterocycles. The number of carbonyl (C=O) groups is 1. The molecule has 0 radical (unpaired) electrons. The summed E-state index contributed by atoms with van der Waals surface area (Å²) in [6, 6.07) is 5.55. The Morgan fingerprint density at radius 2 is 2.19 bits per heavy atom. The van der Waals surface area contributed by atoms with Crippen LogP contribution in [0.2, 0.25) is 0 Å². The van der Waals surface area contributed by atoms with Crippen LogP contribution in [-0.2, 0) is 11.8 Å². The molecule has 1 atom stereocenters. The maximum atomic E-state index is 11.2. The average molecular weight is 288 g/mol. The van der Waals surface area contributed by atoms with E-state index in [1.165, 1.54) is 6.92 Å². The van der Waals surface area contributed by atoms with Crippen LogP contribution in [0.4, 0.5) is 11.4 Å². The van der Waals surface area contributed by atoms with Crippen molar-refractivity contribution in [1.29, 1.82) is 0 Å². The number of carbonyl (C=O) groups excluding carboxylic acids is 1. The van der Waals surface area contributed by atoms with Crippen molar-refractivity contribution in [1.82, 2.24) is 9.78 Å². The number of nitrogens with one attached hydrogen (secondary N) is 2. The fourth-order valence-electron chi connectivity index (χ4n) is 2.08. The fraction of sp³-hybridized carbons (Fsp3) is 0.333. The molecule has 0 aliphatic carbocycles. The molecule has 6 heteroatoms. The van der Waals surface area contributed by atoms with Crippen molar-refractivity contribution in [3.63, 3.8) is 0 Å². The fourth-order valence-corrected chi connectivity index (χ4v) is 2.08. The van der Waals surface area contributed by atoms with Crippen molar-refractivity contribution >= 4 is 17.3 Å². The Kier molecular flexibility index (Phi) is 4.47. The maximum absolute atomic E-state index is 11.2. The van der Waals surface area contributed by atoms with Gasteiger partial charge in [-0.05, 0) is 25.1 Å². The number of nitrogens with zero attached hydrogens (tertiary/aromatic N) is 2. The van der Waals surface area contributed by atoms with Crippen LogP contribution in [0.1, 0.15) is 25.5 Å². The SMILES string of the molecule is COc1ccc(NC(C)=O)cc1NC(C)c1cnn(C)c1. The van der Waals surface area contributed by atoms with Gasteiger partial charge < -0.3 is 15.4 Å². The molecule has 6 nitrogen and oxygen atoms in total. The molecule has 2 rings (SSSR count). The molecular formula is C15H20N4O2. The van der Waals surface area contributed by atoms with Gasteiger partial charge in [-0.25, -0.2) is 0 Å². The Hall–Kier alpha value is -2.50. The predicted octanol–water partition coefficient (Wildman–Crippen LogP) is 2.56. The van der Waals surface area contributed by atoms with Gasteiger partial charge in [0.05, 0.1) is 25.0 Å². The van der Waals surface area contributed by atoms with Crippen molar-refractivity contribution in [2.24, 2.45) is 7.05 Å². The van der Waals surface area contributed by atoms with E-state index < -0.39 is 0 Å². The van der Waals surface area contributed by atoms with Gasteiger partial charge in [0.25, 0.3) is 0 Å². The third kappa shape index (κ3) is 3.75. The van der Waals surface area contributed by atoms with E-state index in [2.05, 4.69) is 15.7 Å². The molecule has 21 heavy (non-hydrogen) atoms. The van der Waals surface area contributed by atoms with E-state index in [4.69, 9.17) is 4.74 Å². The Bertz CT molecular complexity index is 636. The maximum Gasteiger partial charge on any atom is 0.221 e. The molecule has 0 saturated heterocycles. The minimum atomic E-state index is -0.105. The minimum absolute atomic E-state index is 0.0696. The standard InChI is InChI=1S/C15H20N4O2/c1-10(12-8-16-19(3)9-12)17-14-7-13(18-11(2)20)5-6-15(14)21-4/h5-10,17H,1-4H3,(H,18,20). The van der Waals surface area contributed by atoms with Gasteiger partial charge >= 0.3 is 0 Å². The largest absolute Gasteiger partial charge is 0.495 e. The number of ether oxygens (including phenoxy) is 1. The number of aryl methyl sites for hydroxylation is 1. The van der Waals surface area contributed by atoms with Gasteiger partial charge in [-0.2, -0.15) is 5.10 Å². The van der Waals surface area contributed by atoms with Crippen LogP contribution in [0.3, 0.4) is 0 Å². The summed E-state index contributed by atoms with van der Waals surface area (Å²) >= 11 is 0. The normalized spacial score (nSPS) is 11.8. The highest BCUT2D eigenvalue weighted by atomic mass is 16.5. The van der Waals surface area contributed by atoms with E-state index in [9.17, 15) is 4.79 Å². The number of methoxy groups -OCH3 is 1. The zero-order valence-corrected chi connectivity index (χ0v) is 12.7. The lowest BCUT2D eigenvalue weighted by atomic mass is 10.1. The molecule has 1 aromatic heterocycles. The Morgan fingerprint density at radius 3 is 2.76 bits per heavy atom. The van der Waals surface area contributed by atoms with Crippen molar-refractivity contribution in [2.45, 2.75) is 19.9 Å². The number of hydrogen-bond donors (Lipinski definition) is 2. The number of aromatic nitrogens is 2. The highest BCUT2D eigenvalue weighted by molar-refractivity contribution is 5.89. The van der Waals surface area contributed by atoms with E-state index in [0.717, 1.165) is 22.7 Å². The highest BCUT2D eigenvalue weighted by Gasteiger charge is 2.11. The lowest BCUT2D eigenvalue weighted by Crippen LogP contribution is -2.09. The summed E-state index contributed by atoms with van der Waals surface area (Å²) in [4.78, 5) is 11.2. The first-order valence-electron chi connectivity index (χ1n) is 6.70. The Balaban J connectivity index is 2.22. The van der Waals surface area contributed by atoms with Crippen LogP contribution in [-0.4, -0.2) is 22.8 Å². The van der Waals surface area contributed by atoms with Gasteiger partial charge in [0.2, 0.25) is 5.91 Å². The second-order valence-corrected chi connectivity index (χ2v) is 4.91. The van der Waals surface area contributed by atoms with Crippen molar-refractivity contribution in [2.75, 3.05) is 17.7 Å². The van der Waals surface area contributed by atoms with Gasteiger partial charge in [-0.15, -0.1) is 0 Å². The second kappa shape index (κ2) is 6.30. The zero-order valence-electron chi connectivity index (χ0n) is 12.7. The van der Waals surface area contributed by atoms with Crippen LogP contribution in [0.25, 0.3) is 0 Å². The number of rotatable bonds is 5. The summed E-state index contributed by atoms with van der Waals surface area (Å²) in [6.45, 7) is 3.52. The van der Waals surface area contributed by atoms with E-state index in [0.29, 0.717) is 0 Å². The summed E-state index contributed by atoms with van der Waals surface area (Å²) in [7, 11) is 3.50. The van der Waals surface area contributed by atoms with E-state index >= 15 is 0 Å². The third-order valence-corrected chi connectivity index (χ3v) is 3.12. The first-order valence-corrected chi connectivity index (χ1v) is 6.70. The molecule has 0 bridgehead atoms. The van der Waals surface area contributed by atoms with Crippen LogP contribution < -0.4 is 15.4 Å². The average Bonchev–Trinajstić information content (AvgIpc) is 2.85. The molecule has 1 aromatic carbocycles. The summed E-state index contributed by atoms with van der Waals surface area (Å²) in [5.74, 6) is 0.617. The van der Waals surface area contributed by atoms with Crippen LogP contribution in [0.15, 0.2) is 30.6 Å². The minimum Gasteiger partial charge on any atom is -0.495 e. The number of hydrogen-bond acceptors (Lipinski definition) is 4. The van der Waals surface area contributed by atoms with Crippen LogP contribution in [0, 0.1) is 0 Å². The van der Waals surface area contributed by atoms with Crippen LogP contribution in [0.5, 0.6) is 5.75 Å². The molecule has 2 N–H and O–H groups in total. The van der Waals surface area contributed by atoms with Gasteiger partial charge in [0.15, 0.2) is 0 Å². The summed E-state index contributed by atoms with van der Waals surface area (Å²) in [5.41, 5.74) is 2.62. The second-order valence-electron chi connectivity index (χ2n) is 4.91. The Morgan fingerprint density at radius 1 is 1.43 bits per heavy atom. The number of anilines is 2. The van der Waals surface area contributed by atoms with Crippen molar-refractivity contribution in [3.8, 4) is 5.75 Å². The summed E-state index contributed by atoms with van der Waals surface area (Å²) in [5, 5.41) is 10.3. The predicted molar refractivity (Wildman–Crippen MR) is 82.5 cm³/mol. The van der Waals surface area contributed by atoms with Gasteiger partial charge in [0, 0.05) is 31.4 Å². The molecule has 0 spiro atoms. The lowest BCUT2D eigenvalue weighted by molar-refractivity contribution is -0.114. The lowest BCUT2D eigenvalue weighted by Gasteiger charge is -2.17. The third-order valence-electron chi connectivity index (χ3n) is 3.12. The molecular weight excluding hydrogens is 268 g/mol. The van der Waals surface area contributed by atoms with Gasteiger partial charge in [-0.1, -0.05) is 0 Å². The van der Waals surface area contributed by atoms with Crippen molar-refractivity contribution in [3.05, 3.63) is 36.2 Å². The van der Waals surface area contributed by atoms with Gasteiger partial charge in [0.1, 0.15) is 5.75 Å². The molecule has 112 valence electrons. The molecule has 2 aromatic rings. The molecule has 0 saturated carbocycles. The first-order chi connectivity index (χ1) is 9.99. The van der Waals surface area contributed by atoms with Crippen LogP contribution >= 0.6 is 0 Å². The highest BCUT2D eigenvalue weighted by Crippen LogP contribution is 2.31. The van der Waals surface area contributed by atoms with E-state index in [1.807, 2.05) is 38.5 Å². The van der Waals surface area contributed by atoms with Gasteiger partial charge in [-0.3, -0.25) is 9.48 Å². The molecule has 1 heterocycles. The number of benzene rings is 1. The zero-order chi connectivity index (χ0) is 15.4. The van der Waals surface area contributed by atoms with Crippen molar-refractivity contribution < 1.29 is 9.53 Å². The smallest absolute Gasteiger partial charge is 0.221 e. The Labute approximate surface area is 124 Å². The molecule has 1 unspecified atom stereocenters. The molecule has 1 amide bonds. The topological polar surface area (TPSA) is 68.2 Å². The monoisotopic (exact) mass is 288 g/mol. The van der Waals surface area contributed by atoms with E-state index in [-0.39, 0.29) is 11.9 Å². The first kappa shape index (κ1) is 14.9.